The molecule has 2 aromatic carbocycles. The minimum atomic E-state index is -2.85. The summed E-state index contributed by atoms with van der Waals surface area (Å²) in [7, 11) is 0.636. The molecule has 0 aliphatic rings. The molecule has 2 aromatic heterocycles. The van der Waals surface area contributed by atoms with E-state index in [0.717, 1.165) is 16.5 Å². The molecule has 9 heteroatoms. The highest BCUT2D eigenvalue weighted by Crippen LogP contribution is 2.35. The largest absolute Gasteiger partial charge is 0.495 e. The first kappa shape index (κ1) is 20.2. The lowest BCUT2D eigenvalue weighted by Gasteiger charge is -2.13. The van der Waals surface area contributed by atoms with E-state index in [1.165, 1.54) is 13.4 Å². The Morgan fingerprint density at radius 3 is 2.73 bits per heavy atom. The molecule has 0 radical (unpaired) electrons. The first-order valence-electron chi connectivity index (χ1n) is 9.04. The van der Waals surface area contributed by atoms with Crippen LogP contribution in [0.15, 0.2) is 59.8 Å². The number of nitrogens with one attached hydrogen (secondary N) is 2. The Kier molecular flexibility index (Phi) is 5.13. The first-order chi connectivity index (χ1) is 14.3. The summed E-state index contributed by atoms with van der Waals surface area (Å²) in [4.78, 5) is 9.30. The number of rotatable bonds is 5. The van der Waals surface area contributed by atoms with Gasteiger partial charge in [0.25, 0.3) is 0 Å². The topological polar surface area (TPSA) is 92.9 Å². The lowest BCUT2D eigenvalue weighted by molar-refractivity contribution is 0.415. The van der Waals surface area contributed by atoms with E-state index in [1.807, 2.05) is 42.1 Å². The first-order valence-corrected chi connectivity index (χ1v) is 11.4. The number of hydrogen-bond acceptors (Lipinski definition) is 6. The Hall–Kier alpha value is -3.10. The van der Waals surface area contributed by atoms with E-state index in [0.29, 0.717) is 33.0 Å². The van der Waals surface area contributed by atoms with E-state index >= 15 is 0 Å². The average Bonchev–Trinajstić information content (AvgIpc) is 3.05. The fourth-order valence-electron chi connectivity index (χ4n) is 3.28. The van der Waals surface area contributed by atoms with Gasteiger partial charge in [0.15, 0.2) is 0 Å². The number of anilines is 2. The maximum absolute atomic E-state index is 12.0. The molecule has 0 bridgehead atoms. The van der Waals surface area contributed by atoms with E-state index in [-0.39, 0.29) is 0 Å². The SMILES string of the molecule is COc1cc(S(C)(=N)=O)ccc1Nc1ncc(Cl)c(-c2cn(C)c3ccccc23)n1. The van der Waals surface area contributed by atoms with Crippen LogP contribution in [-0.4, -0.2) is 32.1 Å². The lowest BCUT2D eigenvalue weighted by atomic mass is 10.1. The summed E-state index contributed by atoms with van der Waals surface area (Å²) >= 11 is 6.43. The van der Waals surface area contributed by atoms with Crippen molar-refractivity contribution in [3.8, 4) is 17.0 Å². The van der Waals surface area contributed by atoms with Gasteiger partial charge in [-0.05, 0) is 24.3 Å². The smallest absolute Gasteiger partial charge is 0.227 e. The fraction of sp³-hybridized carbons (Fsp3) is 0.143. The fourth-order valence-corrected chi connectivity index (χ4v) is 4.14. The van der Waals surface area contributed by atoms with Gasteiger partial charge in [-0.25, -0.2) is 19.0 Å². The standard InChI is InChI=1S/C21H20ClN5O2S/c1-27-12-15(14-6-4-5-7-18(14)27)20-16(22)11-24-21(26-20)25-17-9-8-13(30(3,23)28)10-19(17)29-2/h4-12,23H,1-3H3,(H,24,25,26). The van der Waals surface area contributed by atoms with Crippen LogP contribution < -0.4 is 10.1 Å². The normalized spacial score (nSPS) is 13.2. The quantitative estimate of drug-likeness (QED) is 0.450. The molecule has 0 spiro atoms. The van der Waals surface area contributed by atoms with Crippen molar-refractivity contribution in [2.45, 2.75) is 4.90 Å². The van der Waals surface area contributed by atoms with Crippen LogP contribution in [0.4, 0.5) is 11.6 Å². The number of para-hydroxylation sites is 1. The van der Waals surface area contributed by atoms with Crippen molar-refractivity contribution in [1.29, 1.82) is 4.78 Å². The maximum Gasteiger partial charge on any atom is 0.227 e. The summed E-state index contributed by atoms with van der Waals surface area (Å²) in [5, 5.41) is 4.61. The number of benzene rings is 2. The van der Waals surface area contributed by atoms with Crippen molar-refractivity contribution in [2.75, 3.05) is 18.7 Å². The predicted molar refractivity (Wildman–Crippen MR) is 120 cm³/mol. The molecule has 4 rings (SSSR count). The summed E-state index contributed by atoms with van der Waals surface area (Å²) in [6, 6.07) is 12.9. The molecule has 2 N–H and O–H groups in total. The van der Waals surface area contributed by atoms with Crippen molar-refractivity contribution < 1.29 is 8.95 Å². The molecule has 30 heavy (non-hydrogen) atoms. The summed E-state index contributed by atoms with van der Waals surface area (Å²) in [5.41, 5.74) is 3.19. The Morgan fingerprint density at radius 2 is 2.00 bits per heavy atom. The van der Waals surface area contributed by atoms with Crippen LogP contribution in [0, 0.1) is 4.78 Å². The van der Waals surface area contributed by atoms with Gasteiger partial charge in [-0.1, -0.05) is 29.8 Å². The Balaban J connectivity index is 1.76. The molecule has 1 unspecified atom stereocenters. The number of hydrogen-bond donors (Lipinski definition) is 2. The zero-order valence-electron chi connectivity index (χ0n) is 16.6. The molecule has 0 saturated carbocycles. The number of aromatic nitrogens is 3. The van der Waals surface area contributed by atoms with E-state index in [9.17, 15) is 4.21 Å². The van der Waals surface area contributed by atoms with Gasteiger partial charge in [-0.3, -0.25) is 0 Å². The van der Waals surface area contributed by atoms with Crippen molar-refractivity contribution in [3.05, 3.63) is 59.9 Å². The Labute approximate surface area is 179 Å². The Morgan fingerprint density at radius 1 is 1.23 bits per heavy atom. The van der Waals surface area contributed by atoms with Gasteiger partial charge in [0, 0.05) is 36.0 Å². The molecule has 1 atom stereocenters. The van der Waals surface area contributed by atoms with Crippen molar-refractivity contribution in [2.24, 2.45) is 7.05 Å². The van der Waals surface area contributed by atoms with Crippen LogP contribution >= 0.6 is 11.6 Å². The number of halogens is 1. The van der Waals surface area contributed by atoms with E-state index in [4.69, 9.17) is 21.1 Å². The van der Waals surface area contributed by atoms with Gasteiger partial charge in [-0.2, -0.15) is 0 Å². The minimum Gasteiger partial charge on any atom is -0.495 e. The van der Waals surface area contributed by atoms with E-state index in [1.54, 1.807) is 24.4 Å². The van der Waals surface area contributed by atoms with Gasteiger partial charge < -0.3 is 14.6 Å². The number of nitrogens with zero attached hydrogens (tertiary/aromatic N) is 3. The van der Waals surface area contributed by atoms with Crippen LogP contribution in [0.2, 0.25) is 5.02 Å². The third-order valence-corrected chi connectivity index (χ3v) is 6.20. The van der Waals surface area contributed by atoms with Crippen molar-refractivity contribution >= 4 is 43.9 Å². The van der Waals surface area contributed by atoms with E-state index in [2.05, 4.69) is 15.3 Å². The molecule has 0 fully saturated rings. The van der Waals surface area contributed by atoms with Gasteiger partial charge >= 0.3 is 0 Å². The third kappa shape index (κ3) is 3.71. The summed E-state index contributed by atoms with van der Waals surface area (Å²) < 4.78 is 27.2. The zero-order chi connectivity index (χ0) is 21.5. The van der Waals surface area contributed by atoms with Gasteiger partial charge in [0.2, 0.25) is 5.95 Å². The summed E-state index contributed by atoms with van der Waals surface area (Å²) in [6.45, 7) is 0. The van der Waals surface area contributed by atoms with E-state index < -0.39 is 9.73 Å². The highest BCUT2D eigenvalue weighted by atomic mass is 35.5. The predicted octanol–water partition coefficient (Wildman–Crippen LogP) is 5.08. The van der Waals surface area contributed by atoms with Crippen LogP contribution in [-0.2, 0) is 16.8 Å². The molecule has 2 heterocycles. The number of aryl methyl sites for hydroxylation is 1. The number of fused-ring (bicyclic) bond motifs is 1. The van der Waals surface area contributed by atoms with Gasteiger partial charge in [0.05, 0.1) is 44.3 Å². The van der Waals surface area contributed by atoms with Crippen molar-refractivity contribution in [1.82, 2.24) is 14.5 Å². The van der Waals surface area contributed by atoms with Crippen molar-refractivity contribution in [3.63, 3.8) is 0 Å². The summed E-state index contributed by atoms with van der Waals surface area (Å²) in [5.74, 6) is 0.788. The minimum absolute atomic E-state index is 0.344. The summed E-state index contributed by atoms with van der Waals surface area (Å²) in [6.07, 6.45) is 4.91. The van der Waals surface area contributed by atoms with Crippen LogP contribution in [0.25, 0.3) is 22.2 Å². The molecular weight excluding hydrogens is 422 g/mol. The van der Waals surface area contributed by atoms with Crippen LogP contribution in [0.3, 0.4) is 0 Å². The average molecular weight is 442 g/mol. The zero-order valence-corrected chi connectivity index (χ0v) is 18.2. The van der Waals surface area contributed by atoms with Gasteiger partial charge in [0.1, 0.15) is 5.75 Å². The third-order valence-electron chi connectivity index (χ3n) is 4.77. The molecule has 0 aliphatic heterocycles. The van der Waals surface area contributed by atoms with Crippen LogP contribution in [0.1, 0.15) is 0 Å². The molecule has 0 saturated heterocycles. The second-order valence-corrected chi connectivity index (χ2v) is 9.46. The number of ether oxygens (including phenoxy) is 1. The molecule has 0 amide bonds. The molecule has 7 nitrogen and oxygen atoms in total. The second-order valence-electron chi connectivity index (χ2n) is 6.89. The second kappa shape index (κ2) is 7.62. The molecule has 154 valence electrons. The van der Waals surface area contributed by atoms with Crippen LogP contribution in [0.5, 0.6) is 5.75 Å². The molecular formula is C21H20ClN5O2S. The highest BCUT2D eigenvalue weighted by molar-refractivity contribution is 7.91. The molecule has 4 aromatic rings. The molecule has 0 aliphatic carbocycles. The monoisotopic (exact) mass is 441 g/mol. The highest BCUT2D eigenvalue weighted by Gasteiger charge is 2.16. The Bertz CT molecular complexity index is 1370. The lowest BCUT2D eigenvalue weighted by Crippen LogP contribution is -2.02. The van der Waals surface area contributed by atoms with Gasteiger partial charge in [-0.15, -0.1) is 0 Å². The maximum atomic E-state index is 12.0. The number of methoxy groups -OCH3 is 1.